The minimum absolute atomic E-state index is 0.0496. The molecule has 0 atom stereocenters. The Kier molecular flexibility index (Phi) is 6.84. The predicted octanol–water partition coefficient (Wildman–Crippen LogP) is 3.40. The highest BCUT2D eigenvalue weighted by Gasteiger charge is 2.26. The van der Waals surface area contributed by atoms with Gasteiger partial charge in [0.15, 0.2) is 0 Å². The van der Waals surface area contributed by atoms with Crippen molar-refractivity contribution in [3.63, 3.8) is 0 Å². The number of likely N-dealkylation sites (tertiary alicyclic amines) is 1. The molecule has 1 saturated heterocycles. The summed E-state index contributed by atoms with van der Waals surface area (Å²) in [6.45, 7) is 6.82. The van der Waals surface area contributed by atoms with Gasteiger partial charge in [-0.3, -0.25) is 9.59 Å². The van der Waals surface area contributed by atoms with Crippen LogP contribution in [0.1, 0.15) is 42.6 Å². The molecular weight excluding hydrogens is 416 g/mol. The van der Waals surface area contributed by atoms with E-state index in [-0.39, 0.29) is 11.8 Å². The van der Waals surface area contributed by atoms with Crippen molar-refractivity contribution in [1.82, 2.24) is 14.9 Å². The number of rotatable bonds is 7. The van der Waals surface area contributed by atoms with Gasteiger partial charge in [-0.15, -0.1) is 0 Å². The summed E-state index contributed by atoms with van der Waals surface area (Å²) in [5.41, 5.74) is 8.14. The van der Waals surface area contributed by atoms with E-state index in [4.69, 9.17) is 5.73 Å². The van der Waals surface area contributed by atoms with Gasteiger partial charge in [-0.05, 0) is 69.6 Å². The lowest BCUT2D eigenvalue weighted by Gasteiger charge is -2.33. The van der Waals surface area contributed by atoms with Crippen molar-refractivity contribution in [2.45, 2.75) is 39.3 Å². The van der Waals surface area contributed by atoms with Crippen molar-refractivity contribution in [3.05, 3.63) is 59.9 Å². The minimum atomic E-state index is -0.524. The van der Waals surface area contributed by atoms with E-state index < -0.39 is 5.91 Å². The summed E-state index contributed by atoms with van der Waals surface area (Å²) in [4.78, 5) is 35.4. The van der Waals surface area contributed by atoms with Crippen LogP contribution in [-0.4, -0.2) is 45.8 Å². The van der Waals surface area contributed by atoms with E-state index in [0.717, 1.165) is 42.6 Å². The number of benzene rings is 2. The van der Waals surface area contributed by atoms with Crippen molar-refractivity contribution in [3.8, 4) is 0 Å². The lowest BCUT2D eigenvalue weighted by atomic mass is 9.95. The van der Waals surface area contributed by atoms with Gasteiger partial charge in [0, 0.05) is 29.6 Å². The first-order valence-corrected chi connectivity index (χ1v) is 11.3. The highest BCUT2D eigenvalue weighted by atomic mass is 16.2. The summed E-state index contributed by atoms with van der Waals surface area (Å²) in [5.74, 6) is 0.232. The topological polar surface area (TPSA) is 113 Å². The summed E-state index contributed by atoms with van der Waals surface area (Å²) < 4.78 is 0. The molecule has 1 aliphatic heterocycles. The fraction of sp³-hybridized carbons (Fsp3) is 0.360. The van der Waals surface area contributed by atoms with E-state index >= 15 is 0 Å². The molecule has 0 unspecified atom stereocenters. The number of hydrogen-bond acceptors (Lipinski definition) is 6. The highest BCUT2D eigenvalue weighted by molar-refractivity contribution is 6.06. The lowest BCUT2D eigenvalue weighted by Crippen LogP contribution is -2.41. The summed E-state index contributed by atoms with van der Waals surface area (Å²) in [6, 6.07) is 13.6. The number of carbonyl (C=O) groups is 2. The first kappa shape index (κ1) is 22.7. The lowest BCUT2D eigenvalue weighted by molar-refractivity contribution is -0.121. The van der Waals surface area contributed by atoms with Crippen LogP contribution in [0.25, 0.3) is 10.9 Å². The molecule has 8 nitrogen and oxygen atoms in total. The normalized spacial score (nSPS) is 15.0. The van der Waals surface area contributed by atoms with Crippen LogP contribution in [0.5, 0.6) is 0 Å². The van der Waals surface area contributed by atoms with Gasteiger partial charge in [0.2, 0.25) is 5.91 Å². The van der Waals surface area contributed by atoms with Gasteiger partial charge in [0.1, 0.15) is 12.1 Å². The zero-order valence-electron chi connectivity index (χ0n) is 19.0. The summed E-state index contributed by atoms with van der Waals surface area (Å²) >= 11 is 0. The Hall–Kier alpha value is -3.52. The molecule has 172 valence electrons. The van der Waals surface area contributed by atoms with Crippen LogP contribution in [0.2, 0.25) is 0 Å². The van der Waals surface area contributed by atoms with Crippen LogP contribution in [0.4, 0.5) is 11.5 Å². The second-order valence-corrected chi connectivity index (χ2v) is 8.74. The molecule has 0 radical (unpaired) electrons. The molecule has 0 bridgehead atoms. The molecule has 4 rings (SSSR count). The van der Waals surface area contributed by atoms with Gasteiger partial charge in [0.25, 0.3) is 5.91 Å². The number of aromatic nitrogens is 2. The van der Waals surface area contributed by atoms with E-state index in [1.165, 1.54) is 6.33 Å². The Morgan fingerprint density at radius 1 is 1.12 bits per heavy atom. The Balaban J connectivity index is 1.41. The van der Waals surface area contributed by atoms with E-state index in [9.17, 15) is 9.59 Å². The van der Waals surface area contributed by atoms with E-state index in [0.29, 0.717) is 29.5 Å². The SMILES string of the molecule is CC(C)N1CCC(C(=O)Nc2cccc(CNc3ncnc4c(C(N)=O)cccc34)c2)CC1. The zero-order valence-corrected chi connectivity index (χ0v) is 19.0. The fourth-order valence-corrected chi connectivity index (χ4v) is 4.29. The molecule has 1 aromatic heterocycles. The molecule has 2 amide bonds. The third kappa shape index (κ3) is 5.28. The van der Waals surface area contributed by atoms with Crippen molar-refractivity contribution in [2.75, 3.05) is 23.7 Å². The number of anilines is 2. The van der Waals surface area contributed by atoms with Gasteiger partial charge >= 0.3 is 0 Å². The number of carbonyl (C=O) groups excluding carboxylic acids is 2. The monoisotopic (exact) mass is 446 g/mol. The number of piperidine rings is 1. The van der Waals surface area contributed by atoms with Crippen molar-refractivity contribution in [1.29, 1.82) is 0 Å². The quantitative estimate of drug-likeness (QED) is 0.513. The van der Waals surface area contributed by atoms with Crippen LogP contribution < -0.4 is 16.4 Å². The van der Waals surface area contributed by atoms with E-state index in [1.807, 2.05) is 30.3 Å². The predicted molar refractivity (Wildman–Crippen MR) is 130 cm³/mol. The van der Waals surface area contributed by atoms with Gasteiger partial charge in [-0.1, -0.05) is 18.2 Å². The number of nitrogens with one attached hydrogen (secondary N) is 2. The minimum Gasteiger partial charge on any atom is -0.366 e. The van der Waals surface area contributed by atoms with Gasteiger partial charge in [0.05, 0.1) is 11.1 Å². The molecule has 0 aliphatic carbocycles. The van der Waals surface area contributed by atoms with Crippen molar-refractivity contribution < 1.29 is 9.59 Å². The van der Waals surface area contributed by atoms with E-state index in [2.05, 4.69) is 39.3 Å². The molecule has 1 fully saturated rings. The maximum Gasteiger partial charge on any atom is 0.250 e. The average molecular weight is 447 g/mol. The number of fused-ring (bicyclic) bond motifs is 1. The standard InChI is InChI=1S/C25H30N6O2/c1-16(2)31-11-9-18(10-12-31)25(33)30-19-6-3-5-17(13-19)14-27-24-21-8-4-7-20(23(26)32)22(21)28-15-29-24/h3-8,13,15-16,18H,9-12,14H2,1-2H3,(H2,26,32)(H,30,33)(H,27,28,29). The Bertz CT molecular complexity index is 1150. The molecule has 2 aromatic carbocycles. The largest absolute Gasteiger partial charge is 0.366 e. The van der Waals surface area contributed by atoms with Crippen molar-refractivity contribution >= 4 is 34.2 Å². The van der Waals surface area contributed by atoms with Gasteiger partial charge in [-0.25, -0.2) is 9.97 Å². The van der Waals surface area contributed by atoms with Crippen LogP contribution in [0, 0.1) is 5.92 Å². The van der Waals surface area contributed by atoms with E-state index in [1.54, 1.807) is 12.1 Å². The third-order valence-corrected chi connectivity index (χ3v) is 6.22. The fourth-order valence-electron chi connectivity index (χ4n) is 4.29. The number of nitrogens with two attached hydrogens (primary N) is 1. The van der Waals surface area contributed by atoms with Gasteiger partial charge in [-0.2, -0.15) is 0 Å². The molecule has 1 aliphatic rings. The average Bonchev–Trinajstić information content (AvgIpc) is 2.82. The Morgan fingerprint density at radius 2 is 1.88 bits per heavy atom. The number of primary amides is 1. The molecular formula is C25H30N6O2. The van der Waals surface area contributed by atoms with Crippen LogP contribution in [0.15, 0.2) is 48.8 Å². The zero-order chi connectivity index (χ0) is 23.4. The first-order chi connectivity index (χ1) is 15.9. The molecule has 3 aromatic rings. The molecule has 0 saturated carbocycles. The van der Waals surface area contributed by atoms with Crippen LogP contribution in [0.3, 0.4) is 0 Å². The van der Waals surface area contributed by atoms with Gasteiger partial charge < -0.3 is 21.3 Å². The number of nitrogens with zero attached hydrogens (tertiary/aromatic N) is 3. The first-order valence-electron chi connectivity index (χ1n) is 11.3. The molecule has 0 spiro atoms. The summed E-state index contributed by atoms with van der Waals surface area (Å²) in [6.07, 6.45) is 3.19. The smallest absolute Gasteiger partial charge is 0.250 e. The second-order valence-electron chi connectivity index (χ2n) is 8.74. The molecule has 33 heavy (non-hydrogen) atoms. The summed E-state index contributed by atoms with van der Waals surface area (Å²) in [5, 5.41) is 7.12. The maximum absolute atomic E-state index is 12.8. The third-order valence-electron chi connectivity index (χ3n) is 6.22. The van der Waals surface area contributed by atoms with Crippen molar-refractivity contribution in [2.24, 2.45) is 11.7 Å². The molecule has 8 heteroatoms. The number of amides is 2. The molecule has 2 heterocycles. The molecule has 4 N–H and O–H groups in total. The maximum atomic E-state index is 12.8. The van der Waals surface area contributed by atoms with Crippen LogP contribution >= 0.6 is 0 Å². The summed E-state index contributed by atoms with van der Waals surface area (Å²) in [7, 11) is 0. The Morgan fingerprint density at radius 3 is 2.61 bits per heavy atom. The number of hydrogen-bond donors (Lipinski definition) is 3. The number of para-hydroxylation sites is 1. The Labute approximate surface area is 193 Å². The highest BCUT2D eigenvalue weighted by Crippen LogP contribution is 2.24. The van der Waals surface area contributed by atoms with Crippen LogP contribution in [-0.2, 0) is 11.3 Å². The second kappa shape index (κ2) is 9.95.